The zero-order valence-electron chi connectivity index (χ0n) is 12.1. The maximum Gasteiger partial charge on any atom is 0.320 e. The molecule has 0 spiro atoms. The summed E-state index contributed by atoms with van der Waals surface area (Å²) in [5, 5.41) is 9.20. The minimum absolute atomic E-state index is 0.354. The van der Waals surface area contributed by atoms with Gasteiger partial charge in [-0.1, -0.05) is 6.92 Å². The van der Waals surface area contributed by atoms with Crippen LogP contribution in [0.4, 0.5) is 5.69 Å². The van der Waals surface area contributed by atoms with E-state index in [1.165, 1.54) is 0 Å². The van der Waals surface area contributed by atoms with Gasteiger partial charge >= 0.3 is 5.97 Å². The van der Waals surface area contributed by atoms with E-state index in [0.717, 1.165) is 37.6 Å². The average Bonchev–Trinajstić information content (AvgIpc) is 2.48. The van der Waals surface area contributed by atoms with Crippen LogP contribution in [-0.2, 0) is 4.79 Å². The average molecular weight is 278 g/mol. The van der Waals surface area contributed by atoms with E-state index in [4.69, 9.17) is 4.74 Å². The molecule has 1 unspecified atom stereocenters. The first-order valence-corrected chi connectivity index (χ1v) is 7.01. The fourth-order valence-electron chi connectivity index (χ4n) is 2.67. The number of carboxylic acids is 1. The van der Waals surface area contributed by atoms with E-state index >= 15 is 0 Å². The molecule has 20 heavy (non-hydrogen) atoms. The Kier molecular flexibility index (Phi) is 4.84. The number of aliphatic carboxylic acids is 1. The van der Waals surface area contributed by atoms with Crippen molar-refractivity contribution in [2.45, 2.75) is 19.4 Å². The van der Waals surface area contributed by atoms with Crippen molar-refractivity contribution >= 4 is 11.7 Å². The molecule has 5 nitrogen and oxygen atoms in total. The van der Waals surface area contributed by atoms with Gasteiger partial charge in [-0.05, 0) is 30.7 Å². The molecule has 1 aromatic carbocycles. The zero-order valence-corrected chi connectivity index (χ0v) is 12.1. The molecular weight excluding hydrogens is 256 g/mol. The highest BCUT2D eigenvalue weighted by Gasteiger charge is 2.27. The number of hydrogen-bond donors (Lipinski definition) is 1. The molecule has 1 aliphatic heterocycles. The van der Waals surface area contributed by atoms with Crippen LogP contribution in [0.1, 0.15) is 13.3 Å². The van der Waals surface area contributed by atoms with Crippen molar-refractivity contribution in [2.24, 2.45) is 0 Å². The second-order valence-corrected chi connectivity index (χ2v) is 4.98. The van der Waals surface area contributed by atoms with Crippen molar-refractivity contribution in [3.63, 3.8) is 0 Å². The van der Waals surface area contributed by atoms with E-state index in [0.29, 0.717) is 6.42 Å². The molecule has 0 saturated carbocycles. The van der Waals surface area contributed by atoms with Gasteiger partial charge in [0, 0.05) is 31.9 Å². The predicted octanol–water partition coefficient (Wildman–Crippen LogP) is 1.68. The summed E-state index contributed by atoms with van der Waals surface area (Å²) in [4.78, 5) is 15.5. The highest BCUT2D eigenvalue weighted by molar-refractivity contribution is 5.73. The Morgan fingerprint density at radius 1 is 1.25 bits per heavy atom. The summed E-state index contributed by atoms with van der Waals surface area (Å²) in [5.41, 5.74) is 1.16. The summed E-state index contributed by atoms with van der Waals surface area (Å²) in [7, 11) is 1.66. The number of nitrogens with zero attached hydrogens (tertiary/aromatic N) is 2. The lowest BCUT2D eigenvalue weighted by Crippen LogP contribution is -2.52. The summed E-state index contributed by atoms with van der Waals surface area (Å²) in [6, 6.07) is 7.64. The van der Waals surface area contributed by atoms with Gasteiger partial charge in [0.2, 0.25) is 0 Å². The molecule has 5 heteroatoms. The Bertz CT molecular complexity index is 439. The SMILES string of the molecule is CCC(C(=O)O)N1CCN(c2ccc(OC)cc2)CC1. The van der Waals surface area contributed by atoms with Gasteiger partial charge in [-0.15, -0.1) is 0 Å². The van der Waals surface area contributed by atoms with E-state index in [9.17, 15) is 9.90 Å². The van der Waals surface area contributed by atoms with Gasteiger partial charge < -0.3 is 14.7 Å². The van der Waals surface area contributed by atoms with E-state index in [1.807, 2.05) is 31.2 Å². The zero-order chi connectivity index (χ0) is 14.5. The standard InChI is InChI=1S/C15H22N2O3/c1-3-14(15(18)19)17-10-8-16(9-11-17)12-4-6-13(20-2)7-5-12/h4-7,14H,3,8-11H2,1-2H3,(H,18,19). The van der Waals surface area contributed by atoms with Crippen LogP contribution in [0.15, 0.2) is 24.3 Å². The normalized spacial score (nSPS) is 17.8. The predicted molar refractivity (Wildman–Crippen MR) is 78.5 cm³/mol. The smallest absolute Gasteiger partial charge is 0.320 e. The molecule has 0 aliphatic carbocycles. The van der Waals surface area contributed by atoms with E-state index in [1.54, 1.807) is 7.11 Å². The fraction of sp³-hybridized carbons (Fsp3) is 0.533. The van der Waals surface area contributed by atoms with Gasteiger partial charge in [0.25, 0.3) is 0 Å². The molecule has 1 heterocycles. The number of anilines is 1. The van der Waals surface area contributed by atoms with Gasteiger partial charge in [-0.25, -0.2) is 0 Å². The lowest BCUT2D eigenvalue weighted by molar-refractivity contribution is -0.143. The van der Waals surface area contributed by atoms with Gasteiger partial charge in [0.15, 0.2) is 0 Å². The lowest BCUT2D eigenvalue weighted by atomic mass is 10.1. The fourth-order valence-corrected chi connectivity index (χ4v) is 2.67. The number of hydrogen-bond acceptors (Lipinski definition) is 4. The Hall–Kier alpha value is -1.75. The summed E-state index contributed by atoms with van der Waals surface area (Å²) in [6.07, 6.45) is 0.651. The molecule has 1 atom stereocenters. The van der Waals surface area contributed by atoms with Crippen LogP contribution in [0.2, 0.25) is 0 Å². The van der Waals surface area contributed by atoms with E-state index in [-0.39, 0.29) is 6.04 Å². The first kappa shape index (κ1) is 14.7. The quantitative estimate of drug-likeness (QED) is 0.888. The van der Waals surface area contributed by atoms with Crippen molar-refractivity contribution < 1.29 is 14.6 Å². The molecular formula is C15H22N2O3. The van der Waals surface area contributed by atoms with Crippen LogP contribution in [0.3, 0.4) is 0 Å². The molecule has 0 radical (unpaired) electrons. The minimum atomic E-state index is -0.717. The van der Waals surface area contributed by atoms with Crippen LogP contribution in [-0.4, -0.2) is 55.3 Å². The number of carboxylic acid groups (broad SMARTS) is 1. The molecule has 1 saturated heterocycles. The minimum Gasteiger partial charge on any atom is -0.497 e. The number of piperazine rings is 1. The first-order chi connectivity index (χ1) is 9.65. The van der Waals surface area contributed by atoms with Crippen LogP contribution >= 0.6 is 0 Å². The highest BCUT2D eigenvalue weighted by Crippen LogP contribution is 2.21. The third-order valence-electron chi connectivity index (χ3n) is 3.86. The molecule has 0 bridgehead atoms. The number of methoxy groups -OCH3 is 1. The van der Waals surface area contributed by atoms with Gasteiger partial charge in [-0.2, -0.15) is 0 Å². The highest BCUT2D eigenvalue weighted by atomic mass is 16.5. The van der Waals surface area contributed by atoms with Crippen LogP contribution in [0.25, 0.3) is 0 Å². The number of benzene rings is 1. The Morgan fingerprint density at radius 3 is 2.30 bits per heavy atom. The maximum absolute atomic E-state index is 11.2. The second kappa shape index (κ2) is 6.61. The van der Waals surface area contributed by atoms with Crippen LogP contribution in [0, 0.1) is 0 Å². The van der Waals surface area contributed by atoms with E-state index in [2.05, 4.69) is 9.80 Å². The Balaban J connectivity index is 1.94. The first-order valence-electron chi connectivity index (χ1n) is 7.01. The molecule has 2 rings (SSSR count). The number of carbonyl (C=O) groups is 1. The van der Waals surface area contributed by atoms with E-state index < -0.39 is 5.97 Å². The number of rotatable bonds is 5. The largest absolute Gasteiger partial charge is 0.497 e. The summed E-state index contributed by atoms with van der Waals surface area (Å²) in [5.74, 6) is 0.134. The van der Waals surface area contributed by atoms with Crippen LogP contribution in [0.5, 0.6) is 5.75 Å². The molecule has 0 amide bonds. The van der Waals surface area contributed by atoms with Gasteiger partial charge in [0.1, 0.15) is 11.8 Å². The molecule has 1 N–H and O–H groups in total. The van der Waals surface area contributed by atoms with Crippen molar-refractivity contribution in [1.29, 1.82) is 0 Å². The monoisotopic (exact) mass is 278 g/mol. The maximum atomic E-state index is 11.2. The molecule has 110 valence electrons. The van der Waals surface area contributed by atoms with Gasteiger partial charge in [0.05, 0.1) is 7.11 Å². The summed E-state index contributed by atoms with van der Waals surface area (Å²) < 4.78 is 5.15. The van der Waals surface area contributed by atoms with Crippen molar-refractivity contribution in [3.8, 4) is 5.75 Å². The summed E-state index contributed by atoms with van der Waals surface area (Å²) in [6.45, 7) is 5.22. The summed E-state index contributed by atoms with van der Waals surface area (Å²) >= 11 is 0. The third kappa shape index (κ3) is 3.22. The lowest BCUT2D eigenvalue weighted by Gasteiger charge is -2.38. The van der Waals surface area contributed by atoms with Crippen molar-refractivity contribution in [2.75, 3.05) is 38.2 Å². The van der Waals surface area contributed by atoms with Gasteiger partial charge in [-0.3, -0.25) is 9.69 Å². The van der Waals surface area contributed by atoms with Crippen LogP contribution < -0.4 is 9.64 Å². The second-order valence-electron chi connectivity index (χ2n) is 4.98. The van der Waals surface area contributed by atoms with Crippen molar-refractivity contribution in [1.82, 2.24) is 4.90 Å². The third-order valence-corrected chi connectivity index (χ3v) is 3.86. The molecule has 0 aromatic heterocycles. The Morgan fingerprint density at radius 2 is 1.85 bits per heavy atom. The topological polar surface area (TPSA) is 53.0 Å². The molecule has 1 aliphatic rings. The molecule has 1 fully saturated rings. The number of ether oxygens (including phenoxy) is 1. The molecule has 1 aromatic rings. The Labute approximate surface area is 119 Å². The van der Waals surface area contributed by atoms with Crippen molar-refractivity contribution in [3.05, 3.63) is 24.3 Å².